The van der Waals surface area contributed by atoms with Crippen LogP contribution in [0.1, 0.15) is 19.4 Å². The lowest BCUT2D eigenvalue weighted by Gasteiger charge is -2.15. The molecule has 0 atom stereocenters. The number of aryl methyl sites for hydroxylation is 1. The fourth-order valence-electron chi connectivity index (χ4n) is 1.36. The first-order valence-electron chi connectivity index (χ1n) is 5.56. The number of rotatable bonds is 5. The maximum absolute atomic E-state index is 11.8. The number of benzene rings is 1. The van der Waals surface area contributed by atoms with E-state index in [-0.39, 0.29) is 0 Å². The van der Waals surface area contributed by atoms with E-state index >= 15 is 0 Å². The van der Waals surface area contributed by atoms with Crippen LogP contribution in [0.5, 0.6) is 11.5 Å². The van der Waals surface area contributed by atoms with Crippen molar-refractivity contribution in [1.29, 1.82) is 0 Å². The molecule has 0 fully saturated rings. The third-order valence-electron chi connectivity index (χ3n) is 2.60. The van der Waals surface area contributed by atoms with Gasteiger partial charge in [-0.3, -0.25) is 4.72 Å². The SMILES string of the molecule is COc1cc(C)c(NS(=O)(=O)C(C)C)cc1OC. The summed E-state index contributed by atoms with van der Waals surface area (Å²) in [6.45, 7) is 5.05. The molecule has 0 heterocycles. The number of hydrogen-bond donors (Lipinski definition) is 1. The van der Waals surface area contributed by atoms with Gasteiger partial charge in [-0.05, 0) is 32.4 Å². The Morgan fingerprint density at radius 2 is 1.61 bits per heavy atom. The van der Waals surface area contributed by atoms with Crippen molar-refractivity contribution < 1.29 is 17.9 Å². The summed E-state index contributed by atoms with van der Waals surface area (Å²) in [5, 5.41) is -0.495. The standard InChI is InChI=1S/C12H19NO4S/c1-8(2)18(14,15)13-10-7-12(17-5)11(16-4)6-9(10)3/h6-8,13H,1-5H3. The van der Waals surface area contributed by atoms with Gasteiger partial charge in [-0.1, -0.05) is 0 Å². The van der Waals surface area contributed by atoms with Crippen molar-refractivity contribution in [3.63, 3.8) is 0 Å². The van der Waals surface area contributed by atoms with Gasteiger partial charge in [-0.25, -0.2) is 8.42 Å². The molecule has 0 saturated carbocycles. The monoisotopic (exact) mass is 273 g/mol. The van der Waals surface area contributed by atoms with Crippen LogP contribution in [0.2, 0.25) is 0 Å². The third kappa shape index (κ3) is 3.07. The number of methoxy groups -OCH3 is 2. The van der Waals surface area contributed by atoms with Crippen LogP contribution in [-0.2, 0) is 10.0 Å². The van der Waals surface area contributed by atoms with Crippen LogP contribution in [0.25, 0.3) is 0 Å². The molecule has 1 N–H and O–H groups in total. The Hall–Kier alpha value is -1.43. The largest absolute Gasteiger partial charge is 0.493 e. The lowest BCUT2D eigenvalue weighted by Crippen LogP contribution is -2.22. The van der Waals surface area contributed by atoms with Crippen LogP contribution in [0.3, 0.4) is 0 Å². The van der Waals surface area contributed by atoms with E-state index < -0.39 is 15.3 Å². The second-order valence-corrected chi connectivity index (χ2v) is 6.45. The predicted octanol–water partition coefficient (Wildman–Crippen LogP) is 2.16. The Morgan fingerprint density at radius 3 is 2.06 bits per heavy atom. The molecular formula is C12H19NO4S. The molecule has 0 amide bonds. The highest BCUT2D eigenvalue weighted by Crippen LogP contribution is 2.33. The number of nitrogens with one attached hydrogen (secondary N) is 1. The third-order valence-corrected chi connectivity index (χ3v) is 4.35. The van der Waals surface area contributed by atoms with Gasteiger partial charge in [0.05, 0.1) is 25.2 Å². The summed E-state index contributed by atoms with van der Waals surface area (Å²) in [7, 11) is -0.320. The smallest absolute Gasteiger partial charge is 0.235 e. The molecule has 1 aromatic rings. The molecule has 1 rings (SSSR count). The Morgan fingerprint density at radius 1 is 1.11 bits per heavy atom. The molecule has 6 heteroatoms. The Labute approximate surface area is 108 Å². The van der Waals surface area contributed by atoms with Crippen LogP contribution >= 0.6 is 0 Å². The second-order valence-electron chi connectivity index (χ2n) is 4.22. The topological polar surface area (TPSA) is 64.6 Å². The van der Waals surface area contributed by atoms with Crippen molar-refractivity contribution in [1.82, 2.24) is 0 Å². The number of ether oxygens (including phenoxy) is 2. The molecule has 0 spiro atoms. The molecule has 0 saturated heterocycles. The number of sulfonamides is 1. The summed E-state index contributed by atoms with van der Waals surface area (Å²) in [5.74, 6) is 1.06. The van der Waals surface area contributed by atoms with Gasteiger partial charge in [0.2, 0.25) is 10.0 Å². The second kappa shape index (κ2) is 5.48. The van der Waals surface area contributed by atoms with E-state index in [2.05, 4.69) is 4.72 Å². The van der Waals surface area contributed by atoms with Gasteiger partial charge in [0.25, 0.3) is 0 Å². The van der Waals surface area contributed by atoms with Gasteiger partial charge in [0.15, 0.2) is 11.5 Å². The normalized spacial score (nSPS) is 11.4. The molecule has 5 nitrogen and oxygen atoms in total. The molecule has 0 aliphatic carbocycles. The Bertz CT molecular complexity index is 523. The van der Waals surface area contributed by atoms with Crippen LogP contribution in [0.4, 0.5) is 5.69 Å². The fourth-order valence-corrected chi connectivity index (χ4v) is 2.12. The maximum Gasteiger partial charge on any atom is 0.235 e. The first-order chi connectivity index (χ1) is 8.31. The van der Waals surface area contributed by atoms with E-state index in [1.54, 1.807) is 32.9 Å². The predicted molar refractivity (Wildman–Crippen MR) is 72.0 cm³/mol. The first kappa shape index (κ1) is 14.6. The summed E-state index contributed by atoms with van der Waals surface area (Å²) in [4.78, 5) is 0. The Balaban J connectivity index is 3.19. The molecular weight excluding hydrogens is 254 g/mol. The highest BCUT2D eigenvalue weighted by molar-refractivity contribution is 7.93. The lowest BCUT2D eigenvalue weighted by molar-refractivity contribution is 0.355. The average Bonchev–Trinajstić information content (AvgIpc) is 2.30. The highest BCUT2D eigenvalue weighted by Gasteiger charge is 2.18. The van der Waals surface area contributed by atoms with Crippen molar-refractivity contribution in [2.45, 2.75) is 26.0 Å². The van der Waals surface area contributed by atoms with Crippen LogP contribution in [0.15, 0.2) is 12.1 Å². The van der Waals surface area contributed by atoms with Gasteiger partial charge in [0.1, 0.15) is 0 Å². The lowest BCUT2D eigenvalue weighted by atomic mass is 10.2. The minimum Gasteiger partial charge on any atom is -0.493 e. The minimum absolute atomic E-state index is 0.490. The molecule has 0 aliphatic heterocycles. The van der Waals surface area contributed by atoms with E-state index in [1.165, 1.54) is 14.2 Å². The highest BCUT2D eigenvalue weighted by atomic mass is 32.2. The number of anilines is 1. The zero-order valence-corrected chi connectivity index (χ0v) is 12.1. The summed E-state index contributed by atoms with van der Waals surface area (Å²) in [6.07, 6.45) is 0. The number of hydrogen-bond acceptors (Lipinski definition) is 4. The van der Waals surface area contributed by atoms with Gasteiger partial charge >= 0.3 is 0 Å². The fraction of sp³-hybridized carbons (Fsp3) is 0.500. The van der Waals surface area contributed by atoms with Crippen molar-refractivity contribution in [3.05, 3.63) is 17.7 Å². The molecule has 18 heavy (non-hydrogen) atoms. The van der Waals surface area contributed by atoms with E-state index in [9.17, 15) is 8.42 Å². The van der Waals surface area contributed by atoms with Gasteiger partial charge < -0.3 is 9.47 Å². The molecule has 0 aromatic heterocycles. The van der Waals surface area contributed by atoms with Gasteiger partial charge in [-0.2, -0.15) is 0 Å². The summed E-state index contributed by atoms with van der Waals surface area (Å²) in [6, 6.07) is 3.35. The van der Waals surface area contributed by atoms with Crippen molar-refractivity contribution >= 4 is 15.7 Å². The van der Waals surface area contributed by atoms with Crippen LogP contribution in [-0.4, -0.2) is 27.9 Å². The van der Waals surface area contributed by atoms with Crippen molar-refractivity contribution in [2.24, 2.45) is 0 Å². The zero-order valence-electron chi connectivity index (χ0n) is 11.3. The minimum atomic E-state index is -3.36. The summed E-state index contributed by atoms with van der Waals surface area (Å²) in [5.41, 5.74) is 1.28. The molecule has 102 valence electrons. The summed E-state index contributed by atoms with van der Waals surface area (Å²) < 4.78 is 36.5. The molecule has 0 radical (unpaired) electrons. The zero-order chi connectivity index (χ0) is 13.9. The van der Waals surface area contributed by atoms with E-state index in [4.69, 9.17) is 9.47 Å². The van der Waals surface area contributed by atoms with Gasteiger partial charge in [0, 0.05) is 6.07 Å². The molecule has 0 aliphatic rings. The van der Waals surface area contributed by atoms with Crippen molar-refractivity contribution in [2.75, 3.05) is 18.9 Å². The van der Waals surface area contributed by atoms with Crippen LogP contribution < -0.4 is 14.2 Å². The van der Waals surface area contributed by atoms with E-state index in [0.29, 0.717) is 17.2 Å². The molecule has 1 aromatic carbocycles. The van der Waals surface area contributed by atoms with E-state index in [0.717, 1.165) is 5.56 Å². The molecule has 0 unspecified atom stereocenters. The molecule has 0 bridgehead atoms. The average molecular weight is 273 g/mol. The maximum atomic E-state index is 11.8. The van der Waals surface area contributed by atoms with Crippen molar-refractivity contribution in [3.8, 4) is 11.5 Å². The quantitative estimate of drug-likeness (QED) is 0.893. The first-order valence-corrected chi connectivity index (χ1v) is 7.10. The summed E-state index contributed by atoms with van der Waals surface area (Å²) >= 11 is 0. The van der Waals surface area contributed by atoms with Crippen LogP contribution in [0, 0.1) is 6.92 Å². The Kier molecular flexibility index (Phi) is 4.45. The van der Waals surface area contributed by atoms with Gasteiger partial charge in [-0.15, -0.1) is 0 Å². The van der Waals surface area contributed by atoms with E-state index in [1.807, 2.05) is 0 Å².